The Balaban J connectivity index is 2.63. The minimum atomic E-state index is 0.493. The van der Waals surface area contributed by atoms with E-state index >= 15 is 0 Å². The molecule has 2 nitrogen and oxygen atoms in total. The van der Waals surface area contributed by atoms with Gasteiger partial charge in [-0.2, -0.15) is 0 Å². The third-order valence-corrected chi connectivity index (χ3v) is 2.85. The molecule has 2 N–H and O–H groups in total. The van der Waals surface area contributed by atoms with Crippen LogP contribution in [0, 0.1) is 5.92 Å². The molecule has 0 bridgehead atoms. The first-order valence-corrected chi connectivity index (χ1v) is 5.37. The molecule has 14 heavy (non-hydrogen) atoms. The van der Waals surface area contributed by atoms with Crippen LogP contribution in [0.2, 0.25) is 0 Å². The van der Waals surface area contributed by atoms with Gasteiger partial charge in [-0.15, -0.1) is 0 Å². The molecule has 0 fully saturated rings. The summed E-state index contributed by atoms with van der Waals surface area (Å²) in [4.78, 5) is 4.02. The second-order valence-electron chi connectivity index (χ2n) is 3.96. The lowest BCUT2D eigenvalue weighted by atomic mass is 9.89. The van der Waals surface area contributed by atoms with Crippen molar-refractivity contribution >= 4 is 0 Å². The molecule has 0 unspecified atom stereocenters. The fourth-order valence-electron chi connectivity index (χ4n) is 1.66. The molecule has 1 heterocycles. The first kappa shape index (κ1) is 11.2. The Morgan fingerprint density at radius 2 is 2.00 bits per heavy atom. The van der Waals surface area contributed by atoms with Crippen molar-refractivity contribution in [1.82, 2.24) is 4.98 Å². The van der Waals surface area contributed by atoms with Gasteiger partial charge in [0.25, 0.3) is 0 Å². The van der Waals surface area contributed by atoms with Gasteiger partial charge in [0.05, 0.1) is 0 Å². The summed E-state index contributed by atoms with van der Waals surface area (Å²) in [7, 11) is 0. The van der Waals surface area contributed by atoms with Gasteiger partial charge in [-0.3, -0.25) is 4.98 Å². The van der Waals surface area contributed by atoms with Crippen LogP contribution in [0.5, 0.6) is 0 Å². The van der Waals surface area contributed by atoms with Crippen LogP contribution in [0.4, 0.5) is 0 Å². The Morgan fingerprint density at radius 1 is 1.36 bits per heavy atom. The van der Waals surface area contributed by atoms with Gasteiger partial charge >= 0.3 is 0 Å². The van der Waals surface area contributed by atoms with E-state index in [-0.39, 0.29) is 0 Å². The minimum Gasteiger partial charge on any atom is -0.330 e. The molecule has 78 valence electrons. The normalized spacial score (nSPS) is 15.1. The first-order valence-electron chi connectivity index (χ1n) is 5.37. The van der Waals surface area contributed by atoms with Gasteiger partial charge < -0.3 is 5.73 Å². The maximum atomic E-state index is 5.79. The number of hydrogen-bond acceptors (Lipinski definition) is 2. The number of hydrogen-bond donors (Lipinski definition) is 1. The van der Waals surface area contributed by atoms with Crippen LogP contribution in [0.15, 0.2) is 24.5 Å². The summed E-state index contributed by atoms with van der Waals surface area (Å²) in [6, 6.07) is 4.14. The Kier molecular flexibility index (Phi) is 4.60. The summed E-state index contributed by atoms with van der Waals surface area (Å²) in [6.07, 6.45) is 6.09. The van der Waals surface area contributed by atoms with E-state index in [4.69, 9.17) is 5.73 Å². The average molecular weight is 192 g/mol. The summed E-state index contributed by atoms with van der Waals surface area (Å²) in [5.41, 5.74) is 7.11. The lowest BCUT2D eigenvalue weighted by Gasteiger charge is -2.18. The molecular weight excluding hydrogens is 172 g/mol. The number of nitrogens with two attached hydrogens (primary N) is 1. The summed E-state index contributed by atoms with van der Waals surface area (Å²) in [5.74, 6) is 1.24. The fraction of sp³-hybridized carbons (Fsp3) is 0.583. The highest BCUT2D eigenvalue weighted by molar-refractivity contribution is 5.16. The molecule has 0 amide bonds. The van der Waals surface area contributed by atoms with E-state index in [1.807, 2.05) is 12.4 Å². The molecule has 0 saturated heterocycles. The van der Waals surface area contributed by atoms with Crippen molar-refractivity contribution in [3.8, 4) is 0 Å². The van der Waals surface area contributed by atoms with E-state index in [2.05, 4.69) is 31.0 Å². The van der Waals surface area contributed by atoms with Crippen molar-refractivity contribution in [2.75, 3.05) is 6.54 Å². The summed E-state index contributed by atoms with van der Waals surface area (Å²) >= 11 is 0. The Morgan fingerprint density at radius 3 is 2.50 bits per heavy atom. The van der Waals surface area contributed by atoms with Crippen LogP contribution < -0.4 is 5.73 Å². The number of nitrogens with zero attached hydrogens (tertiary/aromatic N) is 1. The molecule has 0 spiro atoms. The third kappa shape index (κ3) is 3.11. The maximum Gasteiger partial charge on any atom is 0.0270 e. The summed E-state index contributed by atoms with van der Waals surface area (Å²) < 4.78 is 0. The predicted octanol–water partition coefficient (Wildman–Crippen LogP) is 2.56. The second-order valence-corrected chi connectivity index (χ2v) is 3.96. The Bertz CT molecular complexity index is 246. The first-order chi connectivity index (χ1) is 6.77. The summed E-state index contributed by atoms with van der Waals surface area (Å²) in [6.45, 7) is 5.24. The van der Waals surface area contributed by atoms with Crippen molar-refractivity contribution in [1.29, 1.82) is 0 Å². The van der Waals surface area contributed by atoms with Crippen molar-refractivity contribution < 1.29 is 0 Å². The van der Waals surface area contributed by atoms with Crippen LogP contribution in [0.25, 0.3) is 0 Å². The van der Waals surface area contributed by atoms with E-state index in [1.54, 1.807) is 0 Å². The molecular formula is C12H20N2. The lowest BCUT2D eigenvalue weighted by molar-refractivity contribution is 0.458. The second kappa shape index (κ2) is 5.76. The molecule has 0 aromatic carbocycles. The Hall–Kier alpha value is -0.890. The zero-order chi connectivity index (χ0) is 10.4. The quantitative estimate of drug-likeness (QED) is 0.778. The van der Waals surface area contributed by atoms with Crippen molar-refractivity contribution in [3.05, 3.63) is 30.1 Å². The standard InChI is InChI=1S/C12H20N2/c1-3-10(2)8-12(9-13)11-4-6-14-7-5-11/h4-7,10,12H,3,8-9,13H2,1-2H3/t10-,12+/m1/s1. The van der Waals surface area contributed by atoms with Gasteiger partial charge in [0.1, 0.15) is 0 Å². The average Bonchev–Trinajstić information content (AvgIpc) is 2.26. The van der Waals surface area contributed by atoms with E-state index in [1.165, 1.54) is 18.4 Å². The molecule has 0 saturated carbocycles. The molecule has 2 heteroatoms. The van der Waals surface area contributed by atoms with Gasteiger partial charge in [0.15, 0.2) is 0 Å². The predicted molar refractivity (Wildman–Crippen MR) is 60.1 cm³/mol. The monoisotopic (exact) mass is 192 g/mol. The van der Waals surface area contributed by atoms with Crippen LogP contribution >= 0.6 is 0 Å². The minimum absolute atomic E-state index is 0.493. The van der Waals surface area contributed by atoms with Crippen LogP contribution in [-0.2, 0) is 0 Å². The highest BCUT2D eigenvalue weighted by Crippen LogP contribution is 2.23. The number of aromatic nitrogens is 1. The van der Waals surface area contributed by atoms with Gasteiger partial charge in [-0.1, -0.05) is 20.3 Å². The van der Waals surface area contributed by atoms with Gasteiger partial charge in [-0.05, 0) is 42.5 Å². The molecule has 1 aromatic rings. The van der Waals surface area contributed by atoms with Crippen LogP contribution in [-0.4, -0.2) is 11.5 Å². The molecule has 2 atom stereocenters. The lowest BCUT2D eigenvalue weighted by Crippen LogP contribution is -2.15. The maximum absolute atomic E-state index is 5.79. The van der Waals surface area contributed by atoms with E-state index in [9.17, 15) is 0 Å². The zero-order valence-electron chi connectivity index (χ0n) is 9.11. The Labute approximate surface area is 86.5 Å². The number of pyridine rings is 1. The van der Waals surface area contributed by atoms with E-state index in [0.29, 0.717) is 5.92 Å². The van der Waals surface area contributed by atoms with Gasteiger partial charge in [-0.25, -0.2) is 0 Å². The van der Waals surface area contributed by atoms with E-state index in [0.717, 1.165) is 12.5 Å². The van der Waals surface area contributed by atoms with Crippen molar-refractivity contribution in [2.45, 2.75) is 32.6 Å². The van der Waals surface area contributed by atoms with E-state index < -0.39 is 0 Å². The van der Waals surface area contributed by atoms with Crippen molar-refractivity contribution in [2.24, 2.45) is 11.7 Å². The molecule has 0 aliphatic rings. The smallest absolute Gasteiger partial charge is 0.0270 e. The molecule has 0 aliphatic carbocycles. The zero-order valence-corrected chi connectivity index (χ0v) is 9.11. The topological polar surface area (TPSA) is 38.9 Å². The highest BCUT2D eigenvalue weighted by Gasteiger charge is 2.12. The van der Waals surface area contributed by atoms with Crippen molar-refractivity contribution in [3.63, 3.8) is 0 Å². The van der Waals surface area contributed by atoms with Crippen LogP contribution in [0.1, 0.15) is 38.2 Å². The van der Waals surface area contributed by atoms with Crippen LogP contribution in [0.3, 0.4) is 0 Å². The molecule has 1 rings (SSSR count). The highest BCUT2D eigenvalue weighted by atomic mass is 14.6. The fourth-order valence-corrected chi connectivity index (χ4v) is 1.66. The van der Waals surface area contributed by atoms with Gasteiger partial charge in [0.2, 0.25) is 0 Å². The third-order valence-electron chi connectivity index (χ3n) is 2.85. The molecule has 0 radical (unpaired) electrons. The largest absolute Gasteiger partial charge is 0.330 e. The van der Waals surface area contributed by atoms with Gasteiger partial charge in [0, 0.05) is 12.4 Å². The number of rotatable bonds is 5. The molecule has 0 aliphatic heterocycles. The SMILES string of the molecule is CC[C@@H](C)C[C@@H](CN)c1ccncc1. The molecule has 1 aromatic heterocycles. The summed E-state index contributed by atoms with van der Waals surface area (Å²) in [5, 5.41) is 0.